The molecule has 6 nitrogen and oxygen atoms in total. The van der Waals surface area contributed by atoms with Crippen LogP contribution in [0.5, 0.6) is 0 Å². The largest absolute Gasteiger partial charge is 0.381 e. The van der Waals surface area contributed by atoms with Gasteiger partial charge in [0.05, 0.1) is 12.2 Å². The first-order valence-corrected chi connectivity index (χ1v) is 4.96. The molecule has 82 valence electrons. The van der Waals surface area contributed by atoms with E-state index in [-0.39, 0.29) is 6.10 Å². The molecule has 1 saturated carbocycles. The van der Waals surface area contributed by atoms with E-state index in [0.717, 1.165) is 19.3 Å². The summed E-state index contributed by atoms with van der Waals surface area (Å²) in [5.41, 5.74) is 7.65. The molecule has 0 unspecified atom stereocenters. The van der Waals surface area contributed by atoms with E-state index < -0.39 is 5.54 Å². The quantitative estimate of drug-likeness (QED) is 0.309. The van der Waals surface area contributed by atoms with Crippen molar-refractivity contribution in [1.29, 1.82) is 5.26 Å². The van der Waals surface area contributed by atoms with Crippen molar-refractivity contribution in [3.8, 4) is 6.07 Å². The van der Waals surface area contributed by atoms with Gasteiger partial charge in [0.25, 0.3) is 0 Å². The Morgan fingerprint density at radius 1 is 1.73 bits per heavy atom. The summed E-state index contributed by atoms with van der Waals surface area (Å²) in [7, 11) is 1.66. The van der Waals surface area contributed by atoms with E-state index in [2.05, 4.69) is 21.4 Å². The van der Waals surface area contributed by atoms with Crippen molar-refractivity contribution in [2.75, 3.05) is 20.2 Å². The van der Waals surface area contributed by atoms with Gasteiger partial charge in [0.1, 0.15) is 5.54 Å². The summed E-state index contributed by atoms with van der Waals surface area (Å²) < 4.78 is 5.13. The normalized spacial score (nSPS) is 28.7. The Kier molecular flexibility index (Phi) is 4.37. The van der Waals surface area contributed by atoms with Crippen LogP contribution < -0.4 is 5.32 Å². The molecule has 0 aromatic carbocycles. The molecule has 0 aliphatic heterocycles. The number of methoxy groups -OCH3 is 1. The number of nitrogens with zero attached hydrogens (tertiary/aromatic N) is 4. The molecule has 1 aliphatic carbocycles. The van der Waals surface area contributed by atoms with Crippen LogP contribution in [0.4, 0.5) is 0 Å². The molecule has 0 bridgehead atoms. The standard InChI is InChI=1S/C9H15N5O/c1-15-8-5-9(6-8,7-10)12-3-2-4-13-14-11/h8,12H,2-6H2,1H3. The van der Waals surface area contributed by atoms with Crippen molar-refractivity contribution in [2.45, 2.75) is 30.9 Å². The van der Waals surface area contributed by atoms with Crippen molar-refractivity contribution in [3.63, 3.8) is 0 Å². The first-order chi connectivity index (χ1) is 7.26. The second kappa shape index (κ2) is 5.56. The van der Waals surface area contributed by atoms with Crippen LogP contribution in [0, 0.1) is 11.3 Å². The van der Waals surface area contributed by atoms with Gasteiger partial charge in [-0.25, -0.2) is 0 Å². The van der Waals surface area contributed by atoms with E-state index in [9.17, 15) is 0 Å². The number of rotatable bonds is 6. The van der Waals surface area contributed by atoms with Gasteiger partial charge in [-0.2, -0.15) is 5.26 Å². The summed E-state index contributed by atoms with van der Waals surface area (Å²) in [5.74, 6) is 0. The second-order valence-corrected chi connectivity index (χ2v) is 3.69. The number of ether oxygens (including phenoxy) is 1. The molecule has 0 heterocycles. The molecule has 1 fully saturated rings. The topological polar surface area (TPSA) is 93.8 Å². The van der Waals surface area contributed by atoms with E-state index in [4.69, 9.17) is 15.5 Å². The van der Waals surface area contributed by atoms with Gasteiger partial charge in [-0.3, -0.25) is 5.32 Å². The maximum Gasteiger partial charge on any atom is 0.111 e. The van der Waals surface area contributed by atoms with E-state index in [1.54, 1.807) is 7.11 Å². The number of nitrogens with one attached hydrogen (secondary N) is 1. The summed E-state index contributed by atoms with van der Waals surface area (Å²) in [4.78, 5) is 2.66. The van der Waals surface area contributed by atoms with Crippen LogP contribution in [0.3, 0.4) is 0 Å². The molecule has 0 atom stereocenters. The van der Waals surface area contributed by atoms with Crippen LogP contribution in [0.1, 0.15) is 19.3 Å². The van der Waals surface area contributed by atoms with Crippen LogP contribution in [-0.4, -0.2) is 31.8 Å². The summed E-state index contributed by atoms with van der Waals surface area (Å²) in [5, 5.41) is 15.6. The number of hydrogen-bond acceptors (Lipinski definition) is 4. The fourth-order valence-electron chi connectivity index (χ4n) is 1.68. The molecule has 15 heavy (non-hydrogen) atoms. The molecule has 0 radical (unpaired) electrons. The lowest BCUT2D eigenvalue weighted by Crippen LogP contribution is -2.57. The Bertz CT molecular complexity index is 285. The molecular weight excluding hydrogens is 194 g/mol. The highest BCUT2D eigenvalue weighted by atomic mass is 16.5. The molecule has 1 aliphatic rings. The van der Waals surface area contributed by atoms with Gasteiger partial charge >= 0.3 is 0 Å². The third-order valence-corrected chi connectivity index (χ3v) is 2.66. The van der Waals surface area contributed by atoms with Crippen LogP contribution >= 0.6 is 0 Å². The summed E-state index contributed by atoms with van der Waals surface area (Å²) in [6.07, 6.45) is 2.43. The van der Waals surface area contributed by atoms with Crippen molar-refractivity contribution in [2.24, 2.45) is 5.11 Å². The van der Waals surface area contributed by atoms with Gasteiger partial charge in [0.15, 0.2) is 0 Å². The van der Waals surface area contributed by atoms with Gasteiger partial charge in [0, 0.05) is 31.4 Å². The zero-order valence-electron chi connectivity index (χ0n) is 8.81. The molecule has 0 aromatic heterocycles. The highest BCUT2D eigenvalue weighted by Crippen LogP contribution is 2.33. The molecule has 0 saturated heterocycles. The molecular formula is C9H15N5O. The van der Waals surface area contributed by atoms with Crippen LogP contribution in [0.15, 0.2) is 5.11 Å². The average Bonchev–Trinajstić information content (AvgIpc) is 2.21. The van der Waals surface area contributed by atoms with Crippen molar-refractivity contribution in [1.82, 2.24) is 5.32 Å². The van der Waals surface area contributed by atoms with E-state index in [0.29, 0.717) is 13.1 Å². The number of azide groups is 1. The Morgan fingerprint density at radius 2 is 2.47 bits per heavy atom. The Hall–Kier alpha value is -1.28. The lowest BCUT2D eigenvalue weighted by Gasteiger charge is -2.42. The Balaban J connectivity index is 2.19. The summed E-state index contributed by atoms with van der Waals surface area (Å²) >= 11 is 0. The third-order valence-electron chi connectivity index (χ3n) is 2.66. The molecule has 1 N–H and O–H groups in total. The van der Waals surface area contributed by atoms with Gasteiger partial charge in [-0.1, -0.05) is 5.11 Å². The van der Waals surface area contributed by atoms with Gasteiger partial charge in [0.2, 0.25) is 0 Å². The Labute approximate surface area is 88.8 Å². The van der Waals surface area contributed by atoms with Crippen LogP contribution in [-0.2, 0) is 4.74 Å². The Morgan fingerprint density at radius 3 is 3.00 bits per heavy atom. The lowest BCUT2D eigenvalue weighted by molar-refractivity contribution is -0.00745. The first kappa shape index (κ1) is 11.8. The minimum absolute atomic E-state index is 0.203. The smallest absolute Gasteiger partial charge is 0.111 e. The minimum atomic E-state index is -0.420. The first-order valence-electron chi connectivity index (χ1n) is 4.96. The minimum Gasteiger partial charge on any atom is -0.381 e. The summed E-state index contributed by atoms with van der Waals surface area (Å²) in [6.45, 7) is 1.17. The van der Waals surface area contributed by atoms with E-state index in [1.807, 2.05) is 0 Å². The lowest BCUT2D eigenvalue weighted by atomic mass is 9.75. The van der Waals surface area contributed by atoms with Crippen LogP contribution in [0.25, 0.3) is 10.4 Å². The fourth-order valence-corrected chi connectivity index (χ4v) is 1.68. The maximum atomic E-state index is 9.00. The predicted molar refractivity (Wildman–Crippen MR) is 55.0 cm³/mol. The molecule has 6 heteroatoms. The maximum absolute atomic E-state index is 9.00. The zero-order valence-corrected chi connectivity index (χ0v) is 8.81. The predicted octanol–water partition coefficient (Wildman–Crippen LogP) is 1.35. The van der Waals surface area contributed by atoms with E-state index >= 15 is 0 Å². The highest BCUT2D eigenvalue weighted by molar-refractivity contribution is 5.16. The molecule has 1 rings (SSSR count). The van der Waals surface area contributed by atoms with Crippen molar-refractivity contribution in [3.05, 3.63) is 10.4 Å². The van der Waals surface area contributed by atoms with Gasteiger partial charge in [-0.15, -0.1) is 0 Å². The van der Waals surface area contributed by atoms with Crippen molar-refractivity contribution >= 4 is 0 Å². The molecule has 0 spiro atoms. The third kappa shape index (κ3) is 3.10. The number of nitriles is 1. The van der Waals surface area contributed by atoms with Gasteiger partial charge in [-0.05, 0) is 18.5 Å². The molecule has 0 aromatic rings. The summed E-state index contributed by atoms with van der Waals surface area (Å²) in [6, 6.07) is 2.28. The molecule has 0 amide bonds. The van der Waals surface area contributed by atoms with Gasteiger partial charge < -0.3 is 4.74 Å². The SMILES string of the molecule is COC1CC(C#N)(NCCCN=[N+]=[N-])C1. The average molecular weight is 209 g/mol. The van der Waals surface area contributed by atoms with Crippen LogP contribution in [0.2, 0.25) is 0 Å². The number of hydrogen-bond donors (Lipinski definition) is 1. The van der Waals surface area contributed by atoms with Crippen molar-refractivity contribution < 1.29 is 4.74 Å². The highest BCUT2D eigenvalue weighted by Gasteiger charge is 2.44. The second-order valence-electron chi connectivity index (χ2n) is 3.69. The van der Waals surface area contributed by atoms with E-state index in [1.165, 1.54) is 0 Å². The monoisotopic (exact) mass is 209 g/mol. The zero-order chi connectivity index (χ0) is 11.1. The fraction of sp³-hybridized carbons (Fsp3) is 0.889.